The Morgan fingerprint density at radius 1 is 1.26 bits per heavy atom. The van der Waals surface area contributed by atoms with E-state index in [1.54, 1.807) is 24.3 Å². The summed E-state index contributed by atoms with van der Waals surface area (Å²) < 4.78 is 35.9. The van der Waals surface area contributed by atoms with Crippen LogP contribution in [0.1, 0.15) is 0 Å². The molecule has 1 fully saturated rings. The van der Waals surface area contributed by atoms with Crippen molar-refractivity contribution >= 4 is 27.5 Å². The van der Waals surface area contributed by atoms with E-state index in [0.717, 1.165) is 0 Å². The van der Waals surface area contributed by atoms with E-state index in [4.69, 9.17) is 21.1 Å². The number of nitrogens with zero attached hydrogens (tertiary/aromatic N) is 1. The van der Waals surface area contributed by atoms with Gasteiger partial charge in [0.25, 0.3) is 5.91 Å². The first-order chi connectivity index (χ1) is 11.0. The molecule has 0 unspecified atom stereocenters. The molecule has 1 aromatic rings. The Labute approximate surface area is 140 Å². The summed E-state index contributed by atoms with van der Waals surface area (Å²) in [4.78, 5) is 11.7. The van der Waals surface area contributed by atoms with E-state index >= 15 is 0 Å². The molecule has 0 aliphatic carbocycles. The largest absolute Gasteiger partial charge is 0.484 e. The van der Waals surface area contributed by atoms with Crippen LogP contribution in [0.2, 0.25) is 5.02 Å². The van der Waals surface area contributed by atoms with Crippen molar-refractivity contribution in [2.75, 3.05) is 45.2 Å². The molecular formula is C14H19ClN2O5S. The maximum absolute atomic E-state index is 12.1. The highest BCUT2D eigenvalue weighted by atomic mass is 35.5. The second-order valence-electron chi connectivity index (χ2n) is 4.92. The number of carbonyl (C=O) groups excluding carboxylic acids is 1. The lowest BCUT2D eigenvalue weighted by molar-refractivity contribution is -0.122. The third kappa shape index (κ3) is 5.98. The van der Waals surface area contributed by atoms with E-state index in [0.29, 0.717) is 37.1 Å². The van der Waals surface area contributed by atoms with Gasteiger partial charge in [0, 0.05) is 24.7 Å². The molecule has 1 N–H and O–H groups in total. The Morgan fingerprint density at radius 3 is 2.57 bits per heavy atom. The second-order valence-corrected chi connectivity index (χ2v) is 7.44. The van der Waals surface area contributed by atoms with Crippen molar-refractivity contribution in [3.05, 3.63) is 29.3 Å². The molecular weight excluding hydrogens is 344 g/mol. The zero-order valence-corrected chi connectivity index (χ0v) is 14.1. The Morgan fingerprint density at radius 2 is 1.91 bits per heavy atom. The molecule has 23 heavy (non-hydrogen) atoms. The van der Waals surface area contributed by atoms with E-state index < -0.39 is 10.0 Å². The van der Waals surface area contributed by atoms with Crippen LogP contribution in [0, 0.1) is 0 Å². The van der Waals surface area contributed by atoms with E-state index in [9.17, 15) is 13.2 Å². The lowest BCUT2D eigenvalue weighted by atomic mass is 10.3. The number of sulfonamides is 1. The van der Waals surface area contributed by atoms with Gasteiger partial charge in [0.05, 0.1) is 19.0 Å². The first-order valence-corrected chi connectivity index (χ1v) is 9.17. The van der Waals surface area contributed by atoms with Gasteiger partial charge in [-0.2, -0.15) is 4.31 Å². The molecule has 0 aromatic heterocycles. The molecule has 1 saturated heterocycles. The van der Waals surface area contributed by atoms with Crippen LogP contribution >= 0.6 is 11.6 Å². The molecule has 1 aliphatic heterocycles. The summed E-state index contributed by atoms with van der Waals surface area (Å²) in [6, 6.07) is 6.62. The third-order valence-corrected chi connectivity index (χ3v) is 5.35. The summed E-state index contributed by atoms with van der Waals surface area (Å²) in [6.45, 7) is 1.38. The van der Waals surface area contributed by atoms with Crippen molar-refractivity contribution in [2.24, 2.45) is 0 Å². The normalized spacial score (nSPS) is 16.0. The second kappa shape index (κ2) is 8.49. The summed E-state index contributed by atoms with van der Waals surface area (Å²) in [6.07, 6.45) is 0. The van der Waals surface area contributed by atoms with E-state index in [1.165, 1.54) is 4.31 Å². The molecule has 0 radical (unpaired) electrons. The van der Waals surface area contributed by atoms with Gasteiger partial charge in [-0.1, -0.05) is 11.6 Å². The van der Waals surface area contributed by atoms with E-state index in [-0.39, 0.29) is 24.8 Å². The predicted molar refractivity (Wildman–Crippen MR) is 86.1 cm³/mol. The van der Waals surface area contributed by atoms with Crippen molar-refractivity contribution in [3.63, 3.8) is 0 Å². The fourth-order valence-corrected chi connectivity index (χ4v) is 3.45. The van der Waals surface area contributed by atoms with Crippen LogP contribution in [0.4, 0.5) is 0 Å². The van der Waals surface area contributed by atoms with Crippen LogP contribution in [0.15, 0.2) is 24.3 Å². The smallest absolute Gasteiger partial charge is 0.257 e. The number of morpholine rings is 1. The maximum Gasteiger partial charge on any atom is 0.257 e. The number of amides is 1. The average molecular weight is 363 g/mol. The number of benzene rings is 1. The van der Waals surface area contributed by atoms with E-state index in [1.807, 2.05) is 0 Å². The molecule has 2 rings (SSSR count). The van der Waals surface area contributed by atoms with Crippen molar-refractivity contribution in [1.29, 1.82) is 0 Å². The van der Waals surface area contributed by atoms with Crippen LogP contribution in [0.25, 0.3) is 0 Å². The average Bonchev–Trinajstić information content (AvgIpc) is 2.55. The SMILES string of the molecule is O=C(COc1ccc(Cl)cc1)NCCS(=O)(=O)N1CCOCC1. The molecule has 0 spiro atoms. The summed E-state index contributed by atoms with van der Waals surface area (Å²) >= 11 is 5.75. The molecule has 1 amide bonds. The lowest BCUT2D eigenvalue weighted by Crippen LogP contribution is -2.44. The van der Waals surface area contributed by atoms with Crippen LogP contribution in [0.3, 0.4) is 0 Å². The molecule has 128 valence electrons. The highest BCUT2D eigenvalue weighted by Gasteiger charge is 2.23. The van der Waals surface area contributed by atoms with Crippen LogP contribution in [-0.2, 0) is 19.6 Å². The summed E-state index contributed by atoms with van der Waals surface area (Å²) in [5.74, 6) is 0.00211. The lowest BCUT2D eigenvalue weighted by Gasteiger charge is -2.26. The summed E-state index contributed by atoms with van der Waals surface area (Å²) in [5, 5.41) is 3.11. The van der Waals surface area contributed by atoms with Crippen molar-refractivity contribution < 1.29 is 22.7 Å². The van der Waals surface area contributed by atoms with Crippen molar-refractivity contribution in [3.8, 4) is 5.75 Å². The Balaban J connectivity index is 1.68. The van der Waals surface area contributed by atoms with Gasteiger partial charge in [0.1, 0.15) is 5.75 Å². The number of ether oxygens (including phenoxy) is 2. The van der Waals surface area contributed by atoms with Gasteiger partial charge in [-0.05, 0) is 24.3 Å². The number of hydrogen-bond acceptors (Lipinski definition) is 5. The molecule has 0 atom stereocenters. The summed E-state index contributed by atoms with van der Waals surface area (Å²) in [7, 11) is -3.37. The topological polar surface area (TPSA) is 84.9 Å². The fourth-order valence-electron chi connectivity index (χ4n) is 2.00. The quantitative estimate of drug-likeness (QED) is 0.763. The molecule has 1 heterocycles. The highest BCUT2D eigenvalue weighted by molar-refractivity contribution is 7.89. The Kier molecular flexibility index (Phi) is 6.64. The number of carbonyl (C=O) groups is 1. The maximum atomic E-state index is 12.1. The van der Waals surface area contributed by atoms with Gasteiger partial charge in [0.15, 0.2) is 6.61 Å². The monoisotopic (exact) mass is 362 g/mol. The molecule has 7 nitrogen and oxygen atoms in total. The minimum Gasteiger partial charge on any atom is -0.484 e. The van der Waals surface area contributed by atoms with Gasteiger partial charge in [-0.3, -0.25) is 4.79 Å². The summed E-state index contributed by atoms with van der Waals surface area (Å²) in [5.41, 5.74) is 0. The van der Waals surface area contributed by atoms with Gasteiger partial charge >= 0.3 is 0 Å². The van der Waals surface area contributed by atoms with Crippen LogP contribution in [-0.4, -0.2) is 63.8 Å². The molecule has 0 bridgehead atoms. The first kappa shape index (κ1) is 18.0. The van der Waals surface area contributed by atoms with Gasteiger partial charge in [-0.25, -0.2) is 8.42 Å². The highest BCUT2D eigenvalue weighted by Crippen LogP contribution is 2.15. The Bertz CT molecular complexity index is 615. The van der Waals surface area contributed by atoms with Gasteiger partial charge < -0.3 is 14.8 Å². The number of nitrogens with one attached hydrogen (secondary N) is 1. The molecule has 9 heteroatoms. The predicted octanol–water partition coefficient (Wildman–Crippen LogP) is 0.497. The standard InChI is InChI=1S/C14H19ClN2O5S/c15-12-1-3-13(4-2-12)22-11-14(18)16-5-10-23(19,20)17-6-8-21-9-7-17/h1-4H,5-11H2,(H,16,18). The zero-order valence-electron chi connectivity index (χ0n) is 12.5. The number of rotatable bonds is 7. The molecule has 0 saturated carbocycles. The van der Waals surface area contributed by atoms with Crippen LogP contribution in [0.5, 0.6) is 5.75 Å². The molecule has 1 aliphatic rings. The fraction of sp³-hybridized carbons (Fsp3) is 0.500. The number of halogens is 1. The zero-order chi connectivity index (χ0) is 16.7. The third-order valence-electron chi connectivity index (χ3n) is 3.23. The van der Waals surface area contributed by atoms with Gasteiger partial charge in [0.2, 0.25) is 10.0 Å². The van der Waals surface area contributed by atoms with Crippen LogP contribution < -0.4 is 10.1 Å². The minimum absolute atomic E-state index is 0.0441. The van der Waals surface area contributed by atoms with Crippen molar-refractivity contribution in [2.45, 2.75) is 0 Å². The first-order valence-electron chi connectivity index (χ1n) is 7.18. The van der Waals surface area contributed by atoms with Crippen molar-refractivity contribution in [1.82, 2.24) is 9.62 Å². The van der Waals surface area contributed by atoms with E-state index in [2.05, 4.69) is 5.32 Å². The van der Waals surface area contributed by atoms with Gasteiger partial charge in [-0.15, -0.1) is 0 Å². The molecule has 1 aromatic carbocycles. The number of hydrogen-bond donors (Lipinski definition) is 1. The minimum atomic E-state index is -3.37. The Hall–Kier alpha value is -1.35.